The van der Waals surface area contributed by atoms with Crippen molar-refractivity contribution in [3.63, 3.8) is 0 Å². The Hall–Kier alpha value is -2.75. The minimum Gasteiger partial charge on any atom is -0.330 e. The fraction of sp³-hybridized carbons (Fsp3) is 0.211. The number of pyridine rings is 2. The van der Waals surface area contributed by atoms with E-state index in [0.29, 0.717) is 5.69 Å². The lowest BCUT2D eigenvalue weighted by Gasteiger charge is -2.24. The van der Waals surface area contributed by atoms with Gasteiger partial charge < -0.3 is 4.90 Å². The van der Waals surface area contributed by atoms with E-state index in [0.717, 1.165) is 30.3 Å². The van der Waals surface area contributed by atoms with E-state index in [9.17, 15) is 4.79 Å². The SMILES string of the molecule is O=C(c1ccc2cnccc2n1)N1CCC[C@H]1c1ccccc1. The molecule has 0 bridgehead atoms. The summed E-state index contributed by atoms with van der Waals surface area (Å²) in [6, 6.07) is 15.9. The highest BCUT2D eigenvalue weighted by molar-refractivity contribution is 5.95. The van der Waals surface area contributed by atoms with Crippen molar-refractivity contribution < 1.29 is 4.79 Å². The summed E-state index contributed by atoms with van der Waals surface area (Å²) in [5.41, 5.74) is 2.51. The molecule has 1 aromatic carbocycles. The molecule has 2 aromatic heterocycles. The Balaban J connectivity index is 1.66. The minimum atomic E-state index is 0.00932. The van der Waals surface area contributed by atoms with Crippen molar-refractivity contribution >= 4 is 16.8 Å². The first-order valence-electron chi connectivity index (χ1n) is 7.89. The highest BCUT2D eigenvalue weighted by Crippen LogP contribution is 2.32. The summed E-state index contributed by atoms with van der Waals surface area (Å²) in [5.74, 6) is 0.00932. The van der Waals surface area contributed by atoms with Crippen LogP contribution in [0, 0.1) is 0 Å². The van der Waals surface area contributed by atoms with Crippen molar-refractivity contribution in [1.82, 2.24) is 14.9 Å². The highest BCUT2D eigenvalue weighted by atomic mass is 16.2. The van der Waals surface area contributed by atoms with E-state index in [1.807, 2.05) is 35.2 Å². The van der Waals surface area contributed by atoms with Crippen molar-refractivity contribution in [3.05, 3.63) is 72.2 Å². The van der Waals surface area contributed by atoms with E-state index in [2.05, 4.69) is 22.1 Å². The molecule has 0 spiro atoms. The predicted octanol–water partition coefficient (Wildman–Crippen LogP) is 3.61. The topological polar surface area (TPSA) is 46.1 Å². The van der Waals surface area contributed by atoms with Crippen LogP contribution in [0.3, 0.4) is 0 Å². The smallest absolute Gasteiger partial charge is 0.272 e. The summed E-state index contributed by atoms with van der Waals surface area (Å²) >= 11 is 0. The third-order valence-corrected chi connectivity index (χ3v) is 4.41. The molecule has 1 aliphatic rings. The average molecular weight is 303 g/mol. The second-order valence-corrected chi connectivity index (χ2v) is 5.83. The first-order valence-corrected chi connectivity index (χ1v) is 7.89. The van der Waals surface area contributed by atoms with Crippen molar-refractivity contribution in [3.8, 4) is 0 Å². The zero-order valence-corrected chi connectivity index (χ0v) is 12.7. The molecule has 4 nitrogen and oxygen atoms in total. The maximum Gasteiger partial charge on any atom is 0.272 e. The van der Waals surface area contributed by atoms with Gasteiger partial charge in [-0.15, -0.1) is 0 Å². The summed E-state index contributed by atoms with van der Waals surface area (Å²) in [6.07, 6.45) is 5.50. The Morgan fingerprint density at radius 3 is 2.83 bits per heavy atom. The van der Waals surface area contributed by atoms with Crippen LogP contribution in [-0.4, -0.2) is 27.3 Å². The third kappa shape index (κ3) is 2.57. The van der Waals surface area contributed by atoms with Gasteiger partial charge in [-0.2, -0.15) is 0 Å². The molecule has 4 rings (SSSR count). The van der Waals surface area contributed by atoms with Gasteiger partial charge in [0.1, 0.15) is 5.69 Å². The normalized spacial score (nSPS) is 17.6. The van der Waals surface area contributed by atoms with Gasteiger partial charge in [0.05, 0.1) is 11.6 Å². The van der Waals surface area contributed by atoms with Crippen LogP contribution in [0.25, 0.3) is 10.9 Å². The molecule has 0 saturated carbocycles. The molecule has 3 heterocycles. The monoisotopic (exact) mass is 303 g/mol. The molecule has 3 aromatic rings. The standard InChI is InChI=1S/C19H17N3O/c23-19(17-9-8-15-13-20-11-10-16(15)21-17)22-12-4-7-18(22)14-5-2-1-3-6-14/h1-3,5-6,8-11,13,18H,4,7,12H2/t18-/m0/s1. The van der Waals surface area contributed by atoms with Crippen LogP contribution in [0.2, 0.25) is 0 Å². The lowest BCUT2D eigenvalue weighted by Crippen LogP contribution is -2.31. The Morgan fingerprint density at radius 2 is 1.96 bits per heavy atom. The average Bonchev–Trinajstić information content (AvgIpc) is 3.11. The molecule has 1 aliphatic heterocycles. The first kappa shape index (κ1) is 13.9. The van der Waals surface area contributed by atoms with Crippen molar-refractivity contribution in [2.45, 2.75) is 18.9 Å². The number of amides is 1. The van der Waals surface area contributed by atoms with Crippen LogP contribution < -0.4 is 0 Å². The van der Waals surface area contributed by atoms with Gasteiger partial charge in [0, 0.05) is 24.3 Å². The van der Waals surface area contributed by atoms with Gasteiger partial charge in [0.15, 0.2) is 0 Å². The van der Waals surface area contributed by atoms with E-state index < -0.39 is 0 Å². The molecule has 0 unspecified atom stereocenters. The maximum atomic E-state index is 12.9. The number of rotatable bonds is 2. The molecule has 1 fully saturated rings. The largest absolute Gasteiger partial charge is 0.330 e. The lowest BCUT2D eigenvalue weighted by molar-refractivity contribution is 0.0730. The fourth-order valence-electron chi connectivity index (χ4n) is 3.26. The van der Waals surface area contributed by atoms with E-state index in [-0.39, 0.29) is 11.9 Å². The van der Waals surface area contributed by atoms with Gasteiger partial charge in [-0.05, 0) is 36.6 Å². The number of fused-ring (bicyclic) bond motifs is 1. The number of carbonyl (C=O) groups is 1. The molecule has 4 heteroatoms. The Morgan fingerprint density at radius 1 is 1.09 bits per heavy atom. The Bertz CT molecular complexity index is 847. The summed E-state index contributed by atoms with van der Waals surface area (Å²) < 4.78 is 0. The zero-order valence-electron chi connectivity index (χ0n) is 12.7. The third-order valence-electron chi connectivity index (χ3n) is 4.41. The summed E-state index contributed by atoms with van der Waals surface area (Å²) in [7, 11) is 0. The Kier molecular flexibility index (Phi) is 3.50. The molecule has 0 aliphatic carbocycles. The number of hydrogen-bond acceptors (Lipinski definition) is 3. The van der Waals surface area contributed by atoms with E-state index in [4.69, 9.17) is 0 Å². The number of nitrogens with zero attached hydrogens (tertiary/aromatic N) is 3. The molecule has 1 saturated heterocycles. The predicted molar refractivity (Wildman–Crippen MR) is 89.0 cm³/mol. The number of benzene rings is 1. The minimum absolute atomic E-state index is 0.00932. The number of likely N-dealkylation sites (tertiary alicyclic amines) is 1. The number of aromatic nitrogens is 2. The van der Waals surface area contributed by atoms with Crippen LogP contribution in [-0.2, 0) is 0 Å². The quantitative estimate of drug-likeness (QED) is 0.726. The van der Waals surface area contributed by atoms with Crippen LogP contribution in [0.1, 0.15) is 34.9 Å². The van der Waals surface area contributed by atoms with Crippen molar-refractivity contribution in [1.29, 1.82) is 0 Å². The van der Waals surface area contributed by atoms with Crippen LogP contribution >= 0.6 is 0 Å². The molecule has 1 amide bonds. The van der Waals surface area contributed by atoms with Gasteiger partial charge in [-0.3, -0.25) is 9.78 Å². The maximum absolute atomic E-state index is 12.9. The first-order chi connectivity index (χ1) is 11.3. The number of hydrogen-bond donors (Lipinski definition) is 0. The summed E-state index contributed by atoms with van der Waals surface area (Å²) in [4.78, 5) is 23.5. The molecule has 1 atom stereocenters. The number of carbonyl (C=O) groups excluding carboxylic acids is 1. The molecular weight excluding hydrogens is 286 g/mol. The Labute approximate surface area is 134 Å². The zero-order chi connectivity index (χ0) is 15.6. The second kappa shape index (κ2) is 5.80. The van der Waals surface area contributed by atoms with Gasteiger partial charge in [-0.25, -0.2) is 4.98 Å². The van der Waals surface area contributed by atoms with E-state index >= 15 is 0 Å². The van der Waals surface area contributed by atoms with Gasteiger partial charge in [0.25, 0.3) is 5.91 Å². The van der Waals surface area contributed by atoms with E-state index in [1.165, 1.54) is 5.56 Å². The molecule has 114 valence electrons. The molecule has 0 radical (unpaired) electrons. The van der Waals surface area contributed by atoms with Crippen molar-refractivity contribution in [2.24, 2.45) is 0 Å². The van der Waals surface area contributed by atoms with E-state index in [1.54, 1.807) is 18.5 Å². The highest BCUT2D eigenvalue weighted by Gasteiger charge is 2.31. The van der Waals surface area contributed by atoms with Crippen LogP contribution in [0.5, 0.6) is 0 Å². The summed E-state index contributed by atoms with van der Waals surface area (Å²) in [5, 5.41) is 0.949. The van der Waals surface area contributed by atoms with Gasteiger partial charge in [0.2, 0.25) is 0 Å². The van der Waals surface area contributed by atoms with Crippen molar-refractivity contribution in [2.75, 3.05) is 6.54 Å². The van der Waals surface area contributed by atoms with Gasteiger partial charge >= 0.3 is 0 Å². The second-order valence-electron chi connectivity index (χ2n) is 5.83. The fourth-order valence-corrected chi connectivity index (χ4v) is 3.26. The van der Waals surface area contributed by atoms with Gasteiger partial charge in [-0.1, -0.05) is 30.3 Å². The molecular formula is C19H17N3O. The van der Waals surface area contributed by atoms with Crippen LogP contribution in [0.4, 0.5) is 0 Å². The summed E-state index contributed by atoms with van der Waals surface area (Å²) in [6.45, 7) is 0.786. The molecule has 0 N–H and O–H groups in total. The lowest BCUT2D eigenvalue weighted by atomic mass is 10.0. The van der Waals surface area contributed by atoms with Crippen LogP contribution in [0.15, 0.2) is 60.9 Å². The molecule has 23 heavy (non-hydrogen) atoms.